The number of nitrogens with zero attached hydrogens (tertiary/aromatic N) is 3. The van der Waals surface area contributed by atoms with Gasteiger partial charge in [-0.25, -0.2) is 0 Å². The van der Waals surface area contributed by atoms with Crippen LogP contribution >= 0.6 is 11.6 Å². The Morgan fingerprint density at radius 1 is 1.09 bits per heavy atom. The standard InChI is InChI=1S/C24H26ClN3O4/c1-17-22(16-31-21-8-6-20(30-2)7-9-21)23(26-32-17)24(29)28-12-10-27(11-13-28)15-18-4-3-5-19(25)14-18/h3-9,14H,10-13,15-16H2,1-2H3. The van der Waals surface area contributed by atoms with Crippen molar-refractivity contribution in [1.29, 1.82) is 0 Å². The average molecular weight is 456 g/mol. The van der Waals surface area contributed by atoms with Gasteiger partial charge < -0.3 is 18.9 Å². The topological polar surface area (TPSA) is 68.0 Å². The van der Waals surface area contributed by atoms with Crippen LogP contribution in [0.5, 0.6) is 11.5 Å². The number of amides is 1. The van der Waals surface area contributed by atoms with Crippen LogP contribution in [-0.2, 0) is 13.2 Å². The lowest BCUT2D eigenvalue weighted by Crippen LogP contribution is -2.48. The Bertz CT molecular complexity index is 1060. The number of carbonyl (C=O) groups excluding carboxylic acids is 1. The molecule has 1 aromatic heterocycles. The van der Waals surface area contributed by atoms with Gasteiger partial charge in [0, 0.05) is 37.7 Å². The number of hydrogen-bond donors (Lipinski definition) is 0. The van der Waals surface area contributed by atoms with Crippen molar-refractivity contribution in [2.24, 2.45) is 0 Å². The summed E-state index contributed by atoms with van der Waals surface area (Å²) in [5.74, 6) is 1.89. The first-order valence-electron chi connectivity index (χ1n) is 10.5. The molecule has 168 valence electrons. The molecule has 0 aliphatic carbocycles. The Balaban J connectivity index is 1.35. The highest BCUT2D eigenvalue weighted by Gasteiger charge is 2.28. The largest absolute Gasteiger partial charge is 0.497 e. The smallest absolute Gasteiger partial charge is 0.276 e. The maximum atomic E-state index is 13.1. The predicted molar refractivity (Wildman–Crippen MR) is 121 cm³/mol. The molecule has 0 N–H and O–H groups in total. The maximum absolute atomic E-state index is 13.1. The lowest BCUT2D eigenvalue weighted by molar-refractivity contribution is 0.0616. The van der Waals surface area contributed by atoms with Gasteiger partial charge in [0.05, 0.1) is 12.7 Å². The van der Waals surface area contributed by atoms with Crippen LogP contribution in [-0.4, -0.2) is 54.2 Å². The predicted octanol–water partition coefficient (Wildman–Crippen LogP) is 4.18. The van der Waals surface area contributed by atoms with Crippen LogP contribution in [0.3, 0.4) is 0 Å². The monoisotopic (exact) mass is 455 g/mol. The van der Waals surface area contributed by atoms with Crippen LogP contribution in [0.15, 0.2) is 53.1 Å². The molecule has 32 heavy (non-hydrogen) atoms. The highest BCUT2D eigenvalue weighted by atomic mass is 35.5. The second-order valence-electron chi connectivity index (χ2n) is 7.73. The summed E-state index contributed by atoms with van der Waals surface area (Å²) in [6, 6.07) is 15.2. The van der Waals surface area contributed by atoms with Crippen molar-refractivity contribution in [3.8, 4) is 11.5 Å². The van der Waals surface area contributed by atoms with Crippen molar-refractivity contribution < 1.29 is 18.8 Å². The fraction of sp³-hybridized carbons (Fsp3) is 0.333. The van der Waals surface area contributed by atoms with Gasteiger partial charge in [0.2, 0.25) is 0 Å². The zero-order valence-corrected chi connectivity index (χ0v) is 19.0. The Hall–Kier alpha value is -3.03. The van der Waals surface area contributed by atoms with Gasteiger partial charge in [0.25, 0.3) is 5.91 Å². The highest BCUT2D eigenvalue weighted by Crippen LogP contribution is 2.22. The van der Waals surface area contributed by atoms with Crippen molar-refractivity contribution in [2.45, 2.75) is 20.1 Å². The summed E-state index contributed by atoms with van der Waals surface area (Å²) in [5.41, 5.74) is 2.16. The van der Waals surface area contributed by atoms with E-state index in [1.165, 1.54) is 5.56 Å². The lowest BCUT2D eigenvalue weighted by atomic mass is 10.1. The maximum Gasteiger partial charge on any atom is 0.276 e. The fourth-order valence-electron chi connectivity index (χ4n) is 3.71. The highest BCUT2D eigenvalue weighted by molar-refractivity contribution is 6.30. The average Bonchev–Trinajstić information content (AvgIpc) is 3.18. The van der Waals surface area contributed by atoms with E-state index >= 15 is 0 Å². The first-order chi connectivity index (χ1) is 15.5. The van der Waals surface area contributed by atoms with E-state index in [0.717, 1.165) is 30.4 Å². The van der Waals surface area contributed by atoms with Gasteiger partial charge in [0.1, 0.15) is 23.9 Å². The molecule has 2 heterocycles. The van der Waals surface area contributed by atoms with E-state index in [9.17, 15) is 4.79 Å². The van der Waals surface area contributed by atoms with Crippen molar-refractivity contribution in [1.82, 2.24) is 15.0 Å². The van der Waals surface area contributed by atoms with E-state index in [1.54, 1.807) is 14.0 Å². The van der Waals surface area contributed by atoms with E-state index in [4.69, 9.17) is 25.6 Å². The number of aryl methyl sites for hydroxylation is 1. The molecule has 1 aliphatic heterocycles. The van der Waals surface area contributed by atoms with Gasteiger partial charge in [-0.15, -0.1) is 0 Å². The van der Waals surface area contributed by atoms with Crippen molar-refractivity contribution >= 4 is 17.5 Å². The van der Waals surface area contributed by atoms with E-state index in [-0.39, 0.29) is 12.5 Å². The first-order valence-corrected chi connectivity index (χ1v) is 10.9. The first kappa shape index (κ1) is 22.2. The molecule has 1 fully saturated rings. The van der Waals surface area contributed by atoms with E-state index in [0.29, 0.717) is 35.9 Å². The van der Waals surface area contributed by atoms with Crippen molar-refractivity contribution in [3.63, 3.8) is 0 Å². The van der Waals surface area contributed by atoms with Crippen LogP contribution in [0, 0.1) is 6.92 Å². The van der Waals surface area contributed by atoms with Crippen LogP contribution in [0.4, 0.5) is 0 Å². The molecule has 4 rings (SSSR count). The quantitative estimate of drug-likeness (QED) is 0.532. The third-order valence-electron chi connectivity index (χ3n) is 5.58. The number of methoxy groups -OCH3 is 1. The number of benzene rings is 2. The number of halogens is 1. The minimum atomic E-state index is -0.127. The molecule has 0 radical (unpaired) electrons. The Labute approximate surface area is 192 Å². The van der Waals surface area contributed by atoms with Gasteiger partial charge in [-0.2, -0.15) is 0 Å². The number of rotatable bonds is 7. The minimum Gasteiger partial charge on any atom is -0.497 e. The summed E-state index contributed by atoms with van der Waals surface area (Å²) in [5, 5.41) is 4.77. The van der Waals surface area contributed by atoms with Crippen LogP contribution in [0.1, 0.15) is 27.4 Å². The molecule has 1 aliphatic rings. The molecule has 0 spiro atoms. The second-order valence-corrected chi connectivity index (χ2v) is 8.16. The number of ether oxygens (including phenoxy) is 2. The SMILES string of the molecule is COc1ccc(OCc2c(C(=O)N3CCN(Cc4cccc(Cl)c4)CC3)noc2C)cc1. The van der Waals surface area contributed by atoms with E-state index < -0.39 is 0 Å². The number of aromatic nitrogens is 1. The van der Waals surface area contributed by atoms with Crippen LogP contribution in [0.25, 0.3) is 0 Å². The summed E-state index contributed by atoms with van der Waals surface area (Å²) < 4.78 is 16.3. The van der Waals surface area contributed by atoms with Crippen LogP contribution < -0.4 is 9.47 Å². The second kappa shape index (κ2) is 10.1. The molecule has 2 aromatic carbocycles. The summed E-state index contributed by atoms with van der Waals surface area (Å²) >= 11 is 6.09. The van der Waals surface area contributed by atoms with Gasteiger partial charge in [0.15, 0.2) is 5.69 Å². The summed E-state index contributed by atoms with van der Waals surface area (Å²) in [6.45, 7) is 5.64. The zero-order valence-electron chi connectivity index (χ0n) is 18.2. The molecule has 0 unspecified atom stereocenters. The molecular weight excluding hydrogens is 430 g/mol. The lowest BCUT2D eigenvalue weighted by Gasteiger charge is -2.34. The normalized spacial score (nSPS) is 14.4. The summed E-state index contributed by atoms with van der Waals surface area (Å²) in [4.78, 5) is 17.3. The molecule has 1 amide bonds. The summed E-state index contributed by atoms with van der Waals surface area (Å²) in [7, 11) is 1.62. The third-order valence-corrected chi connectivity index (χ3v) is 5.82. The number of hydrogen-bond acceptors (Lipinski definition) is 6. The van der Waals surface area contributed by atoms with Gasteiger partial charge >= 0.3 is 0 Å². The Morgan fingerprint density at radius 3 is 2.50 bits per heavy atom. The van der Waals surface area contributed by atoms with Gasteiger partial charge in [-0.3, -0.25) is 9.69 Å². The van der Waals surface area contributed by atoms with Crippen molar-refractivity contribution in [3.05, 3.63) is 76.1 Å². The zero-order chi connectivity index (χ0) is 22.5. The molecule has 0 bridgehead atoms. The Morgan fingerprint density at radius 2 is 1.81 bits per heavy atom. The van der Waals surface area contributed by atoms with Crippen LogP contribution in [0.2, 0.25) is 5.02 Å². The van der Waals surface area contributed by atoms with Gasteiger partial charge in [-0.05, 0) is 48.9 Å². The molecule has 0 saturated carbocycles. The molecule has 3 aromatic rings. The third kappa shape index (κ3) is 5.23. The summed E-state index contributed by atoms with van der Waals surface area (Å²) in [6.07, 6.45) is 0. The van der Waals surface area contributed by atoms with Crippen molar-refractivity contribution in [2.75, 3.05) is 33.3 Å². The van der Waals surface area contributed by atoms with E-state index in [1.807, 2.05) is 47.4 Å². The number of piperazine rings is 1. The molecule has 1 saturated heterocycles. The molecule has 8 heteroatoms. The minimum absolute atomic E-state index is 0.127. The van der Waals surface area contributed by atoms with E-state index in [2.05, 4.69) is 16.1 Å². The Kier molecular flexibility index (Phi) is 6.97. The molecule has 7 nitrogen and oxygen atoms in total. The number of carbonyl (C=O) groups is 1. The molecule has 0 atom stereocenters. The fourth-order valence-corrected chi connectivity index (χ4v) is 3.92. The van der Waals surface area contributed by atoms with Gasteiger partial charge in [-0.1, -0.05) is 28.9 Å². The molecular formula is C24H26ClN3O4.